The lowest BCUT2D eigenvalue weighted by Crippen LogP contribution is -2.42. The van der Waals surface area contributed by atoms with Crippen molar-refractivity contribution in [3.63, 3.8) is 0 Å². The minimum absolute atomic E-state index is 0.197. The second-order valence-corrected chi connectivity index (χ2v) is 7.66. The van der Waals surface area contributed by atoms with Gasteiger partial charge in [-0.3, -0.25) is 0 Å². The first-order chi connectivity index (χ1) is 10.7. The van der Waals surface area contributed by atoms with Gasteiger partial charge in [0.2, 0.25) is 0 Å². The molecule has 5 heteroatoms. The van der Waals surface area contributed by atoms with Crippen LogP contribution in [0.15, 0.2) is 18.2 Å². The van der Waals surface area contributed by atoms with E-state index in [4.69, 9.17) is 16.3 Å². The molecule has 1 fully saturated rings. The third kappa shape index (κ3) is 5.61. The fourth-order valence-corrected chi connectivity index (χ4v) is 2.78. The molecule has 2 rings (SSSR count). The van der Waals surface area contributed by atoms with Crippen molar-refractivity contribution >= 4 is 23.4 Å². The molecule has 1 saturated heterocycles. The zero-order chi connectivity index (χ0) is 17.0. The molecule has 4 nitrogen and oxygen atoms in total. The van der Waals surface area contributed by atoms with Crippen molar-refractivity contribution in [3.8, 4) is 0 Å². The van der Waals surface area contributed by atoms with Gasteiger partial charge >= 0.3 is 6.09 Å². The Hall–Kier alpha value is -1.42. The molecule has 0 spiro atoms. The predicted molar refractivity (Wildman–Crippen MR) is 95.2 cm³/mol. The molecule has 128 valence electrons. The summed E-state index contributed by atoms with van der Waals surface area (Å²) in [5.74, 6) is 0.574. The number of benzene rings is 1. The number of anilines is 1. The number of likely N-dealkylation sites (tertiary alicyclic amines) is 1. The highest BCUT2D eigenvalue weighted by molar-refractivity contribution is 6.31. The number of rotatable bonds is 3. The van der Waals surface area contributed by atoms with Crippen molar-refractivity contribution in [2.24, 2.45) is 5.92 Å². The van der Waals surface area contributed by atoms with E-state index in [9.17, 15) is 4.79 Å². The molecule has 1 aliphatic heterocycles. The third-order valence-electron chi connectivity index (χ3n) is 4.02. The number of ether oxygens (including phenoxy) is 1. The highest BCUT2D eigenvalue weighted by Gasteiger charge is 2.26. The summed E-state index contributed by atoms with van der Waals surface area (Å²) in [4.78, 5) is 13.9. The van der Waals surface area contributed by atoms with E-state index in [1.165, 1.54) is 0 Å². The summed E-state index contributed by atoms with van der Waals surface area (Å²) in [6, 6.07) is 5.99. The monoisotopic (exact) mass is 338 g/mol. The van der Waals surface area contributed by atoms with Gasteiger partial charge in [0.1, 0.15) is 5.60 Å². The van der Waals surface area contributed by atoms with Crippen molar-refractivity contribution in [1.82, 2.24) is 4.90 Å². The Morgan fingerprint density at radius 1 is 1.35 bits per heavy atom. The van der Waals surface area contributed by atoms with E-state index < -0.39 is 5.60 Å². The van der Waals surface area contributed by atoms with Gasteiger partial charge in [-0.25, -0.2) is 4.79 Å². The Morgan fingerprint density at radius 2 is 2.00 bits per heavy atom. The average molecular weight is 339 g/mol. The molecular weight excluding hydrogens is 312 g/mol. The lowest BCUT2D eigenvalue weighted by atomic mass is 9.97. The minimum Gasteiger partial charge on any atom is -0.444 e. The lowest BCUT2D eigenvalue weighted by Gasteiger charge is -2.33. The second-order valence-electron chi connectivity index (χ2n) is 7.26. The standard InChI is InChI=1S/C18H27ClN2O2/c1-13-11-15(5-6-16(13)19)20-12-14-7-9-21(10-8-14)17(22)23-18(2,3)4/h5-6,11,14,20H,7-10,12H2,1-4H3. The van der Waals surface area contributed by atoms with Crippen LogP contribution in [0, 0.1) is 12.8 Å². The molecule has 0 bridgehead atoms. The van der Waals surface area contributed by atoms with Gasteiger partial charge in [0.15, 0.2) is 0 Å². The zero-order valence-corrected chi connectivity index (χ0v) is 15.2. The number of carbonyl (C=O) groups excluding carboxylic acids is 1. The maximum atomic E-state index is 12.0. The summed E-state index contributed by atoms with van der Waals surface area (Å²) < 4.78 is 5.42. The molecule has 1 aliphatic rings. The highest BCUT2D eigenvalue weighted by Crippen LogP contribution is 2.22. The summed E-state index contributed by atoms with van der Waals surface area (Å²) in [7, 11) is 0. The quantitative estimate of drug-likeness (QED) is 0.868. The van der Waals surface area contributed by atoms with Crippen molar-refractivity contribution < 1.29 is 9.53 Å². The van der Waals surface area contributed by atoms with Crippen LogP contribution in [-0.2, 0) is 4.74 Å². The predicted octanol–water partition coefficient (Wildman–Crippen LogP) is 4.71. The van der Waals surface area contributed by atoms with Crippen molar-refractivity contribution in [2.45, 2.75) is 46.1 Å². The van der Waals surface area contributed by atoms with Crippen LogP contribution in [0.2, 0.25) is 5.02 Å². The van der Waals surface area contributed by atoms with Crippen LogP contribution < -0.4 is 5.32 Å². The number of carbonyl (C=O) groups is 1. The highest BCUT2D eigenvalue weighted by atomic mass is 35.5. The van der Waals surface area contributed by atoms with Gasteiger partial charge in [-0.15, -0.1) is 0 Å². The van der Waals surface area contributed by atoms with E-state index in [1.54, 1.807) is 0 Å². The van der Waals surface area contributed by atoms with Gasteiger partial charge in [-0.05, 0) is 70.2 Å². The van der Waals surface area contributed by atoms with Crippen molar-refractivity contribution in [1.29, 1.82) is 0 Å². The first kappa shape index (κ1) is 17.9. The molecule has 0 saturated carbocycles. The zero-order valence-electron chi connectivity index (χ0n) is 14.5. The molecule has 0 aromatic heterocycles. The van der Waals surface area contributed by atoms with Crippen LogP contribution in [0.4, 0.5) is 10.5 Å². The number of nitrogens with one attached hydrogen (secondary N) is 1. The van der Waals surface area contributed by atoms with Gasteiger partial charge < -0.3 is 15.0 Å². The first-order valence-corrected chi connectivity index (χ1v) is 8.60. The Morgan fingerprint density at radius 3 is 2.57 bits per heavy atom. The Balaban J connectivity index is 1.76. The van der Waals surface area contributed by atoms with E-state index in [-0.39, 0.29) is 6.09 Å². The molecule has 0 radical (unpaired) electrons. The minimum atomic E-state index is -0.429. The van der Waals surface area contributed by atoms with Gasteiger partial charge in [0.25, 0.3) is 0 Å². The number of nitrogens with zero attached hydrogens (tertiary/aromatic N) is 1. The summed E-state index contributed by atoms with van der Waals surface area (Å²) in [5, 5.41) is 4.26. The molecular formula is C18H27ClN2O2. The Labute approximate surface area is 144 Å². The number of halogens is 1. The van der Waals surface area contributed by atoms with Crippen LogP contribution >= 0.6 is 11.6 Å². The lowest BCUT2D eigenvalue weighted by molar-refractivity contribution is 0.0188. The maximum Gasteiger partial charge on any atom is 0.410 e. The summed E-state index contributed by atoms with van der Waals surface area (Å²) in [5.41, 5.74) is 1.75. The van der Waals surface area contributed by atoms with Crippen LogP contribution in [-0.4, -0.2) is 36.2 Å². The molecule has 1 aromatic rings. The van der Waals surface area contributed by atoms with E-state index >= 15 is 0 Å². The van der Waals surface area contributed by atoms with E-state index in [0.717, 1.165) is 48.7 Å². The summed E-state index contributed by atoms with van der Waals surface area (Å²) in [6.45, 7) is 10.2. The average Bonchev–Trinajstić information content (AvgIpc) is 2.47. The SMILES string of the molecule is Cc1cc(NCC2CCN(C(=O)OC(C)(C)C)CC2)ccc1Cl. The smallest absolute Gasteiger partial charge is 0.410 e. The number of aryl methyl sites for hydroxylation is 1. The summed E-state index contributed by atoms with van der Waals surface area (Å²) in [6.07, 6.45) is 1.80. The van der Waals surface area contributed by atoms with Gasteiger partial charge in [-0.2, -0.15) is 0 Å². The molecule has 0 unspecified atom stereocenters. The van der Waals surface area contributed by atoms with Crippen LogP contribution in [0.5, 0.6) is 0 Å². The fourth-order valence-electron chi connectivity index (χ4n) is 2.66. The second kappa shape index (κ2) is 7.43. The van der Waals surface area contributed by atoms with E-state index in [0.29, 0.717) is 5.92 Å². The van der Waals surface area contributed by atoms with E-state index in [1.807, 2.05) is 44.7 Å². The van der Waals surface area contributed by atoms with Crippen molar-refractivity contribution in [3.05, 3.63) is 28.8 Å². The number of hydrogen-bond acceptors (Lipinski definition) is 3. The molecule has 1 N–H and O–H groups in total. The summed E-state index contributed by atoms with van der Waals surface area (Å²) >= 11 is 6.04. The van der Waals surface area contributed by atoms with Crippen LogP contribution in [0.3, 0.4) is 0 Å². The van der Waals surface area contributed by atoms with Gasteiger partial charge in [-0.1, -0.05) is 11.6 Å². The van der Waals surface area contributed by atoms with Crippen LogP contribution in [0.25, 0.3) is 0 Å². The number of piperidine rings is 1. The topological polar surface area (TPSA) is 41.6 Å². The Kier molecular flexibility index (Phi) is 5.79. The van der Waals surface area contributed by atoms with Gasteiger partial charge in [0.05, 0.1) is 0 Å². The molecule has 1 amide bonds. The van der Waals surface area contributed by atoms with Crippen molar-refractivity contribution in [2.75, 3.05) is 25.0 Å². The largest absolute Gasteiger partial charge is 0.444 e. The molecule has 0 aliphatic carbocycles. The number of hydrogen-bond donors (Lipinski definition) is 1. The molecule has 23 heavy (non-hydrogen) atoms. The normalized spacial score (nSPS) is 16.3. The van der Waals surface area contributed by atoms with E-state index in [2.05, 4.69) is 11.4 Å². The fraction of sp³-hybridized carbons (Fsp3) is 0.611. The Bertz CT molecular complexity index is 546. The molecule has 1 heterocycles. The number of amides is 1. The third-order valence-corrected chi connectivity index (χ3v) is 4.44. The molecule has 1 aromatic carbocycles. The molecule has 0 atom stereocenters. The first-order valence-electron chi connectivity index (χ1n) is 8.22. The maximum absolute atomic E-state index is 12.0. The van der Waals surface area contributed by atoms with Gasteiger partial charge in [0, 0.05) is 30.3 Å². The van der Waals surface area contributed by atoms with Crippen LogP contribution in [0.1, 0.15) is 39.2 Å².